The number of aromatic nitrogens is 1. The molecular weight excluding hydrogens is 417 g/mol. The van der Waals surface area contributed by atoms with Crippen LogP contribution in [0.4, 0.5) is 10.1 Å². The molecule has 2 aromatic carbocycles. The minimum Gasteiger partial charge on any atom is -0.346 e. The van der Waals surface area contributed by atoms with Crippen molar-refractivity contribution in [3.8, 4) is 0 Å². The summed E-state index contributed by atoms with van der Waals surface area (Å²) in [7, 11) is -4.00. The van der Waals surface area contributed by atoms with Gasteiger partial charge in [-0.1, -0.05) is 11.6 Å². The zero-order valence-corrected chi connectivity index (χ0v) is 16.8. The molecule has 3 aromatic rings. The molecule has 1 unspecified atom stereocenters. The zero-order chi connectivity index (χ0) is 21.0. The smallest absolute Gasteiger partial charge is 0.261 e. The minimum atomic E-state index is -4.00. The van der Waals surface area contributed by atoms with E-state index in [1.54, 1.807) is 24.5 Å². The van der Waals surface area contributed by atoms with Crippen LogP contribution in [0.2, 0.25) is 5.02 Å². The molecule has 0 saturated carbocycles. The average Bonchev–Trinajstić information content (AvgIpc) is 2.70. The molecule has 0 aliphatic heterocycles. The number of pyridine rings is 1. The van der Waals surface area contributed by atoms with Gasteiger partial charge in [0.2, 0.25) is 0 Å². The Bertz CT molecular complexity index is 1120. The molecule has 1 heterocycles. The van der Waals surface area contributed by atoms with E-state index in [4.69, 9.17) is 11.6 Å². The Morgan fingerprint density at radius 1 is 1.07 bits per heavy atom. The number of nitrogens with one attached hydrogen (secondary N) is 2. The highest BCUT2D eigenvalue weighted by Crippen LogP contribution is 2.26. The van der Waals surface area contributed by atoms with E-state index in [1.165, 1.54) is 18.2 Å². The lowest BCUT2D eigenvalue weighted by Crippen LogP contribution is -2.26. The fraction of sp³-hybridized carbons (Fsp3) is 0.100. The lowest BCUT2D eigenvalue weighted by atomic mass is 10.1. The van der Waals surface area contributed by atoms with E-state index in [9.17, 15) is 17.6 Å². The molecule has 0 fully saturated rings. The van der Waals surface area contributed by atoms with Crippen LogP contribution in [0.15, 0.2) is 71.9 Å². The Kier molecular flexibility index (Phi) is 6.14. The van der Waals surface area contributed by atoms with Crippen LogP contribution < -0.4 is 10.0 Å². The molecule has 1 amide bonds. The van der Waals surface area contributed by atoms with Gasteiger partial charge in [-0.05, 0) is 67.1 Å². The van der Waals surface area contributed by atoms with Crippen LogP contribution in [-0.2, 0) is 10.0 Å². The number of halogens is 2. The summed E-state index contributed by atoms with van der Waals surface area (Å²) < 4.78 is 40.4. The summed E-state index contributed by atoms with van der Waals surface area (Å²) in [6, 6.07) is 11.9. The van der Waals surface area contributed by atoms with Crippen molar-refractivity contribution < 1.29 is 17.6 Å². The van der Waals surface area contributed by atoms with Gasteiger partial charge in [-0.2, -0.15) is 0 Å². The lowest BCUT2D eigenvalue weighted by Gasteiger charge is -2.15. The highest BCUT2D eigenvalue weighted by Gasteiger charge is 2.18. The molecule has 0 spiro atoms. The van der Waals surface area contributed by atoms with Crippen LogP contribution in [0.25, 0.3) is 0 Å². The van der Waals surface area contributed by atoms with Crippen molar-refractivity contribution in [2.45, 2.75) is 17.9 Å². The molecule has 6 nitrogen and oxygen atoms in total. The fourth-order valence-electron chi connectivity index (χ4n) is 2.58. The average molecular weight is 434 g/mol. The summed E-state index contributed by atoms with van der Waals surface area (Å²) in [5.74, 6) is -0.947. The molecular formula is C20H17ClFN3O3S. The number of benzene rings is 2. The predicted molar refractivity (Wildman–Crippen MR) is 109 cm³/mol. The molecule has 3 rings (SSSR count). The van der Waals surface area contributed by atoms with Gasteiger partial charge in [-0.15, -0.1) is 0 Å². The van der Waals surface area contributed by atoms with E-state index in [0.717, 1.165) is 29.8 Å². The van der Waals surface area contributed by atoms with Crippen LogP contribution in [0.5, 0.6) is 0 Å². The zero-order valence-electron chi connectivity index (χ0n) is 15.3. The summed E-state index contributed by atoms with van der Waals surface area (Å²) in [4.78, 5) is 16.4. The van der Waals surface area contributed by atoms with Crippen molar-refractivity contribution in [1.29, 1.82) is 0 Å². The van der Waals surface area contributed by atoms with Crippen LogP contribution in [0, 0.1) is 5.82 Å². The second kappa shape index (κ2) is 8.59. The number of nitrogens with zero attached hydrogens (tertiary/aromatic N) is 1. The van der Waals surface area contributed by atoms with Gasteiger partial charge in [0.15, 0.2) is 0 Å². The fourth-order valence-corrected chi connectivity index (χ4v) is 3.87. The highest BCUT2D eigenvalue weighted by molar-refractivity contribution is 7.92. The third-order valence-corrected chi connectivity index (χ3v) is 5.86. The summed E-state index contributed by atoms with van der Waals surface area (Å²) >= 11 is 6.10. The molecule has 1 aromatic heterocycles. The lowest BCUT2D eigenvalue weighted by molar-refractivity contribution is 0.0940. The first-order valence-electron chi connectivity index (χ1n) is 8.55. The summed E-state index contributed by atoms with van der Waals surface area (Å²) in [6.45, 7) is 1.82. The molecule has 150 valence electrons. The van der Waals surface area contributed by atoms with E-state index >= 15 is 0 Å². The van der Waals surface area contributed by atoms with Crippen molar-refractivity contribution in [2.24, 2.45) is 0 Å². The van der Waals surface area contributed by atoms with E-state index in [0.29, 0.717) is 0 Å². The normalized spacial score (nSPS) is 12.2. The predicted octanol–water partition coefficient (Wildman–Crippen LogP) is 4.17. The van der Waals surface area contributed by atoms with Crippen molar-refractivity contribution >= 4 is 33.2 Å². The van der Waals surface area contributed by atoms with Crippen LogP contribution in [0.3, 0.4) is 0 Å². The summed E-state index contributed by atoms with van der Waals surface area (Å²) in [6.07, 6.45) is 3.26. The number of hydrogen-bond donors (Lipinski definition) is 2. The number of sulfonamides is 1. The largest absolute Gasteiger partial charge is 0.346 e. The molecule has 0 bridgehead atoms. The molecule has 0 radical (unpaired) electrons. The van der Waals surface area contributed by atoms with Gasteiger partial charge in [0.25, 0.3) is 15.9 Å². The Labute approximate surface area is 172 Å². The number of rotatable bonds is 6. The molecule has 0 saturated heterocycles. The number of carbonyl (C=O) groups is 1. The maximum absolute atomic E-state index is 13.1. The van der Waals surface area contributed by atoms with Crippen molar-refractivity contribution in [3.63, 3.8) is 0 Å². The van der Waals surface area contributed by atoms with Gasteiger partial charge >= 0.3 is 0 Å². The maximum Gasteiger partial charge on any atom is 0.261 e. The highest BCUT2D eigenvalue weighted by atomic mass is 35.5. The Balaban J connectivity index is 1.80. The first kappa shape index (κ1) is 20.8. The number of carbonyl (C=O) groups excluding carboxylic acids is 1. The van der Waals surface area contributed by atoms with Gasteiger partial charge in [0.05, 0.1) is 21.6 Å². The molecule has 29 heavy (non-hydrogen) atoms. The van der Waals surface area contributed by atoms with E-state index in [2.05, 4.69) is 15.0 Å². The quantitative estimate of drug-likeness (QED) is 0.610. The molecule has 0 aliphatic rings. The Morgan fingerprint density at radius 2 is 1.72 bits per heavy atom. The standard InChI is InChI=1S/C20H17ClFN3O3S/c1-13(14-8-10-23-11-9-14)24-20(26)15-2-7-18(21)19(12-15)25-29(27,28)17-5-3-16(22)4-6-17/h2-13,25H,1H3,(H,24,26). The van der Waals surface area contributed by atoms with Gasteiger partial charge in [-0.3, -0.25) is 14.5 Å². The third kappa shape index (κ3) is 5.10. The number of amides is 1. The van der Waals surface area contributed by atoms with Gasteiger partial charge < -0.3 is 5.32 Å². The molecule has 0 aliphatic carbocycles. The summed E-state index contributed by atoms with van der Waals surface area (Å²) in [5.41, 5.74) is 1.15. The molecule has 9 heteroatoms. The van der Waals surface area contributed by atoms with Crippen molar-refractivity contribution in [1.82, 2.24) is 10.3 Å². The number of anilines is 1. The first-order valence-corrected chi connectivity index (χ1v) is 10.4. The van der Waals surface area contributed by atoms with Gasteiger partial charge in [-0.25, -0.2) is 12.8 Å². The number of hydrogen-bond acceptors (Lipinski definition) is 4. The van der Waals surface area contributed by atoms with Gasteiger partial charge in [0.1, 0.15) is 5.82 Å². The van der Waals surface area contributed by atoms with E-state index in [1.807, 2.05) is 6.92 Å². The van der Waals surface area contributed by atoms with E-state index < -0.39 is 21.7 Å². The first-order chi connectivity index (χ1) is 13.8. The van der Waals surface area contributed by atoms with Crippen LogP contribution >= 0.6 is 11.6 Å². The van der Waals surface area contributed by atoms with Crippen LogP contribution in [-0.4, -0.2) is 19.3 Å². The second-order valence-electron chi connectivity index (χ2n) is 6.23. The van der Waals surface area contributed by atoms with E-state index in [-0.39, 0.29) is 27.2 Å². The molecule has 2 N–H and O–H groups in total. The second-order valence-corrected chi connectivity index (χ2v) is 8.32. The van der Waals surface area contributed by atoms with Crippen LogP contribution in [0.1, 0.15) is 28.9 Å². The Hall–Kier alpha value is -2.97. The van der Waals surface area contributed by atoms with Gasteiger partial charge in [0, 0.05) is 18.0 Å². The van der Waals surface area contributed by atoms with Crippen molar-refractivity contribution in [3.05, 3.63) is 89.0 Å². The SMILES string of the molecule is CC(NC(=O)c1ccc(Cl)c(NS(=O)(=O)c2ccc(F)cc2)c1)c1ccncc1. The summed E-state index contributed by atoms with van der Waals surface area (Å²) in [5, 5.41) is 2.95. The topological polar surface area (TPSA) is 88.2 Å². The monoisotopic (exact) mass is 433 g/mol. The maximum atomic E-state index is 13.1. The molecule has 1 atom stereocenters. The third-order valence-electron chi connectivity index (χ3n) is 4.15. The minimum absolute atomic E-state index is 0.0419. The van der Waals surface area contributed by atoms with Crippen molar-refractivity contribution in [2.75, 3.05) is 4.72 Å². The Morgan fingerprint density at radius 3 is 2.38 bits per heavy atom.